The van der Waals surface area contributed by atoms with Crippen LogP contribution < -0.4 is 0 Å². The fourth-order valence-corrected chi connectivity index (χ4v) is 0.562. The fraction of sp³-hybridized carbons (Fsp3) is 1.00. The molecule has 0 aliphatic heterocycles. The van der Waals surface area contributed by atoms with Gasteiger partial charge in [0.25, 0.3) is 0 Å². The van der Waals surface area contributed by atoms with E-state index in [1.165, 1.54) is 0 Å². The van der Waals surface area contributed by atoms with Crippen molar-refractivity contribution in [3.05, 3.63) is 0 Å². The van der Waals surface area contributed by atoms with Gasteiger partial charge < -0.3 is 9.47 Å². The molecule has 0 aliphatic carbocycles. The summed E-state index contributed by atoms with van der Waals surface area (Å²) in [6, 6.07) is 0. The first-order chi connectivity index (χ1) is 3.81. The summed E-state index contributed by atoms with van der Waals surface area (Å²) in [6.45, 7) is 4.92. The molecule has 3 heteroatoms. The molecule has 0 heterocycles. The van der Waals surface area contributed by atoms with E-state index < -0.39 is 5.75 Å². The van der Waals surface area contributed by atoms with E-state index in [0.29, 0.717) is 13.2 Å². The van der Waals surface area contributed by atoms with Gasteiger partial charge in [0.1, 0.15) is 0 Å². The second-order valence-corrected chi connectivity index (χ2v) is 1.54. The molecular formula is C5H11ClO2. The van der Waals surface area contributed by atoms with Crippen LogP contribution in [0, 0.1) is 0 Å². The van der Waals surface area contributed by atoms with Gasteiger partial charge in [0.05, 0.1) is 0 Å². The highest BCUT2D eigenvalue weighted by molar-refractivity contribution is 6.18. The smallest absolute Gasteiger partial charge is 0.237 e. The summed E-state index contributed by atoms with van der Waals surface area (Å²) in [7, 11) is 0. The van der Waals surface area contributed by atoms with Gasteiger partial charge in [0.15, 0.2) is 0 Å². The van der Waals surface area contributed by atoms with Gasteiger partial charge in [-0.3, -0.25) is 0 Å². The highest BCUT2D eigenvalue weighted by atomic mass is 35.5. The molecular weight excluding hydrogens is 128 g/mol. The second kappa shape index (κ2) is 5.35. The standard InChI is InChI=1S/C5H11ClO2/c1-3-7-5(6)8-4-2/h5H,3-4H2,1-2H3. The van der Waals surface area contributed by atoms with Crippen molar-refractivity contribution < 1.29 is 9.47 Å². The van der Waals surface area contributed by atoms with Crippen LogP contribution in [0.25, 0.3) is 0 Å². The van der Waals surface area contributed by atoms with Crippen LogP contribution in [-0.2, 0) is 9.47 Å². The Morgan fingerprint density at radius 1 is 1.25 bits per heavy atom. The molecule has 0 N–H and O–H groups in total. The molecule has 0 aliphatic rings. The van der Waals surface area contributed by atoms with Crippen LogP contribution in [-0.4, -0.2) is 19.0 Å². The van der Waals surface area contributed by atoms with E-state index in [4.69, 9.17) is 21.1 Å². The normalized spacial score (nSPS) is 10.5. The molecule has 0 rings (SSSR count). The lowest BCUT2D eigenvalue weighted by atomic mass is 10.9. The maximum absolute atomic E-state index is 5.44. The van der Waals surface area contributed by atoms with E-state index in [2.05, 4.69) is 0 Å². The summed E-state index contributed by atoms with van der Waals surface area (Å²) in [5.74, 6) is -0.565. The second-order valence-electron chi connectivity index (χ2n) is 1.19. The van der Waals surface area contributed by atoms with Crippen molar-refractivity contribution in [3.8, 4) is 0 Å². The van der Waals surface area contributed by atoms with Crippen molar-refractivity contribution >= 4 is 11.6 Å². The van der Waals surface area contributed by atoms with Crippen molar-refractivity contribution in [2.24, 2.45) is 0 Å². The average Bonchev–Trinajstić information content (AvgIpc) is 1.68. The summed E-state index contributed by atoms with van der Waals surface area (Å²) in [4.78, 5) is 0. The minimum Gasteiger partial charge on any atom is -0.340 e. The first-order valence-electron chi connectivity index (χ1n) is 2.68. The Morgan fingerprint density at radius 3 is 1.88 bits per heavy atom. The molecule has 2 nitrogen and oxygen atoms in total. The van der Waals surface area contributed by atoms with E-state index in [0.717, 1.165) is 0 Å². The van der Waals surface area contributed by atoms with Crippen molar-refractivity contribution in [1.82, 2.24) is 0 Å². The Kier molecular flexibility index (Phi) is 5.49. The monoisotopic (exact) mass is 138 g/mol. The number of halogens is 1. The molecule has 0 aromatic rings. The molecule has 0 spiro atoms. The summed E-state index contributed by atoms with van der Waals surface area (Å²) in [5, 5.41) is 0. The highest BCUT2D eigenvalue weighted by Gasteiger charge is 1.97. The summed E-state index contributed by atoms with van der Waals surface area (Å²) in [5.41, 5.74) is 0. The molecule has 0 radical (unpaired) electrons. The first kappa shape index (κ1) is 8.21. The maximum Gasteiger partial charge on any atom is 0.237 e. The Bertz CT molecular complexity index is 43.7. The third kappa shape index (κ3) is 4.37. The Labute approximate surface area is 54.7 Å². The van der Waals surface area contributed by atoms with Crippen LogP contribution in [0.5, 0.6) is 0 Å². The van der Waals surface area contributed by atoms with Crippen LogP contribution in [0.1, 0.15) is 13.8 Å². The molecule has 0 aromatic heterocycles. The zero-order valence-corrected chi connectivity index (χ0v) is 5.94. The third-order valence-electron chi connectivity index (χ3n) is 0.595. The van der Waals surface area contributed by atoms with E-state index >= 15 is 0 Å². The van der Waals surface area contributed by atoms with Crippen LogP contribution in [0.2, 0.25) is 0 Å². The van der Waals surface area contributed by atoms with Gasteiger partial charge in [-0.2, -0.15) is 0 Å². The van der Waals surface area contributed by atoms with Gasteiger partial charge in [0, 0.05) is 13.2 Å². The van der Waals surface area contributed by atoms with Crippen molar-refractivity contribution in [1.29, 1.82) is 0 Å². The van der Waals surface area contributed by atoms with E-state index in [9.17, 15) is 0 Å². The fourth-order valence-electron chi connectivity index (χ4n) is 0.310. The number of ether oxygens (including phenoxy) is 2. The lowest BCUT2D eigenvalue weighted by molar-refractivity contribution is -0.0795. The molecule has 0 amide bonds. The topological polar surface area (TPSA) is 18.5 Å². The van der Waals surface area contributed by atoms with Crippen LogP contribution in [0.15, 0.2) is 0 Å². The van der Waals surface area contributed by atoms with Gasteiger partial charge in [0.2, 0.25) is 5.75 Å². The van der Waals surface area contributed by atoms with E-state index in [1.807, 2.05) is 13.8 Å². The predicted molar refractivity (Wildman–Crippen MR) is 32.9 cm³/mol. The minimum atomic E-state index is -0.565. The van der Waals surface area contributed by atoms with Crippen LogP contribution >= 0.6 is 11.6 Å². The quantitative estimate of drug-likeness (QED) is 0.434. The van der Waals surface area contributed by atoms with Gasteiger partial charge >= 0.3 is 0 Å². The molecule has 0 fully saturated rings. The predicted octanol–water partition coefficient (Wildman–Crippen LogP) is 1.58. The average molecular weight is 139 g/mol. The number of hydrogen-bond acceptors (Lipinski definition) is 2. The zero-order chi connectivity index (χ0) is 6.41. The van der Waals surface area contributed by atoms with E-state index in [-0.39, 0.29) is 0 Å². The summed E-state index contributed by atoms with van der Waals surface area (Å²) in [6.07, 6.45) is 0. The molecule has 0 saturated heterocycles. The maximum atomic E-state index is 5.44. The number of alkyl halides is 1. The first-order valence-corrected chi connectivity index (χ1v) is 3.12. The minimum absolute atomic E-state index is 0.565. The SMILES string of the molecule is CCOC(Cl)OCC. The molecule has 0 unspecified atom stereocenters. The van der Waals surface area contributed by atoms with Crippen molar-refractivity contribution in [2.75, 3.05) is 13.2 Å². The van der Waals surface area contributed by atoms with Gasteiger partial charge in [-0.25, -0.2) is 0 Å². The number of hydrogen-bond donors (Lipinski definition) is 0. The van der Waals surface area contributed by atoms with Gasteiger partial charge in [-0.05, 0) is 13.8 Å². The summed E-state index contributed by atoms with van der Waals surface area (Å²) >= 11 is 5.44. The molecule has 0 aromatic carbocycles. The highest BCUT2D eigenvalue weighted by Crippen LogP contribution is 1.98. The Morgan fingerprint density at radius 2 is 1.62 bits per heavy atom. The molecule has 50 valence electrons. The van der Waals surface area contributed by atoms with Crippen LogP contribution in [0.4, 0.5) is 0 Å². The lowest BCUT2D eigenvalue weighted by Gasteiger charge is -2.06. The zero-order valence-electron chi connectivity index (χ0n) is 5.19. The van der Waals surface area contributed by atoms with Crippen molar-refractivity contribution in [2.45, 2.75) is 19.6 Å². The molecule has 0 bridgehead atoms. The Balaban J connectivity index is 2.92. The Hall–Kier alpha value is 0.210. The van der Waals surface area contributed by atoms with E-state index in [1.54, 1.807) is 0 Å². The van der Waals surface area contributed by atoms with Crippen molar-refractivity contribution in [3.63, 3.8) is 0 Å². The molecule has 0 saturated carbocycles. The molecule has 8 heavy (non-hydrogen) atoms. The van der Waals surface area contributed by atoms with Crippen LogP contribution in [0.3, 0.4) is 0 Å². The largest absolute Gasteiger partial charge is 0.340 e. The van der Waals surface area contributed by atoms with Gasteiger partial charge in [-0.15, -0.1) is 0 Å². The third-order valence-corrected chi connectivity index (χ3v) is 0.847. The molecule has 0 atom stereocenters. The lowest BCUT2D eigenvalue weighted by Crippen LogP contribution is -2.08. The number of rotatable bonds is 4. The van der Waals surface area contributed by atoms with Gasteiger partial charge in [-0.1, -0.05) is 11.6 Å². The summed E-state index contributed by atoms with van der Waals surface area (Å²) < 4.78 is 9.65.